The van der Waals surface area contributed by atoms with E-state index in [9.17, 15) is 0 Å². The summed E-state index contributed by atoms with van der Waals surface area (Å²) in [5.41, 5.74) is 2.25. The minimum absolute atomic E-state index is 0.476. The molecule has 92 valence electrons. The first kappa shape index (κ1) is 13.1. The highest BCUT2D eigenvalue weighted by Gasteiger charge is 2.10. The van der Waals surface area contributed by atoms with Crippen molar-refractivity contribution >= 4 is 45.2 Å². The van der Waals surface area contributed by atoms with Gasteiger partial charge in [0.2, 0.25) is 0 Å². The first-order valence-corrected chi connectivity index (χ1v) is 7.43. The molecule has 1 aromatic heterocycles. The molecule has 0 saturated carbocycles. The van der Waals surface area contributed by atoms with Gasteiger partial charge in [-0.25, -0.2) is 4.98 Å². The van der Waals surface area contributed by atoms with Gasteiger partial charge in [0, 0.05) is 10.1 Å². The van der Waals surface area contributed by atoms with E-state index in [0.29, 0.717) is 11.8 Å². The Hall–Kier alpha value is -0.290. The Bertz CT molecular complexity index is 519. The zero-order chi connectivity index (χ0) is 12.4. The van der Waals surface area contributed by atoms with Gasteiger partial charge in [0.15, 0.2) is 0 Å². The lowest BCUT2D eigenvalue weighted by Gasteiger charge is -2.09. The van der Waals surface area contributed by atoms with Crippen LogP contribution in [0.1, 0.15) is 26.1 Å². The molecule has 0 aliphatic rings. The fourth-order valence-corrected chi connectivity index (χ4v) is 2.57. The van der Waals surface area contributed by atoms with E-state index in [-0.39, 0.29) is 0 Å². The summed E-state index contributed by atoms with van der Waals surface area (Å²) >= 11 is 8.28. The number of aryl methyl sites for hydroxylation is 1. The van der Waals surface area contributed by atoms with Crippen LogP contribution in [0.4, 0.5) is 0 Å². The highest BCUT2D eigenvalue weighted by molar-refractivity contribution is 14.1. The Kier molecular flexibility index (Phi) is 4.31. The Morgan fingerprint density at radius 1 is 1.41 bits per heavy atom. The lowest BCUT2D eigenvalue weighted by atomic mass is 10.1. The van der Waals surface area contributed by atoms with Gasteiger partial charge in [-0.15, -0.1) is 11.6 Å². The van der Waals surface area contributed by atoms with Gasteiger partial charge >= 0.3 is 0 Å². The summed E-state index contributed by atoms with van der Waals surface area (Å²) < 4.78 is 3.46. The van der Waals surface area contributed by atoms with Crippen LogP contribution in [0, 0.1) is 9.49 Å². The third-order valence-electron chi connectivity index (χ3n) is 2.84. The molecule has 2 aromatic rings. The number of hydrogen-bond donors (Lipinski definition) is 0. The molecule has 17 heavy (non-hydrogen) atoms. The second-order valence-corrected chi connectivity index (χ2v) is 6.14. The smallest absolute Gasteiger partial charge is 0.124 e. The second-order valence-electron chi connectivity index (χ2n) is 4.63. The molecule has 0 saturated heterocycles. The van der Waals surface area contributed by atoms with Crippen molar-refractivity contribution in [1.82, 2.24) is 9.55 Å². The van der Waals surface area contributed by atoms with Gasteiger partial charge in [0.1, 0.15) is 5.82 Å². The molecule has 0 amide bonds. The van der Waals surface area contributed by atoms with E-state index < -0.39 is 0 Å². The number of benzene rings is 1. The highest BCUT2D eigenvalue weighted by atomic mass is 127. The van der Waals surface area contributed by atoms with E-state index in [1.54, 1.807) is 0 Å². The number of hydrogen-bond acceptors (Lipinski definition) is 1. The number of halogens is 2. The average molecular weight is 363 g/mol. The van der Waals surface area contributed by atoms with Crippen LogP contribution in [-0.2, 0) is 12.4 Å². The highest BCUT2D eigenvalue weighted by Crippen LogP contribution is 2.21. The third-order valence-corrected chi connectivity index (χ3v) is 3.75. The molecule has 2 rings (SSSR count). The molecule has 0 fully saturated rings. The van der Waals surface area contributed by atoms with Crippen LogP contribution < -0.4 is 0 Å². The van der Waals surface area contributed by atoms with Gasteiger partial charge in [0.25, 0.3) is 0 Å². The SMILES string of the molecule is CC(C)CCn1c(CCl)nc2cc(I)ccc21. The molecule has 0 aliphatic heterocycles. The molecular formula is C13H16ClIN2. The molecule has 0 radical (unpaired) electrons. The summed E-state index contributed by atoms with van der Waals surface area (Å²) in [6.45, 7) is 5.47. The first-order valence-electron chi connectivity index (χ1n) is 5.82. The number of nitrogens with zero attached hydrogens (tertiary/aromatic N) is 2. The summed E-state index contributed by atoms with van der Waals surface area (Å²) in [5, 5.41) is 0. The van der Waals surface area contributed by atoms with Gasteiger partial charge in [-0.05, 0) is 53.1 Å². The number of fused-ring (bicyclic) bond motifs is 1. The van der Waals surface area contributed by atoms with E-state index >= 15 is 0 Å². The van der Waals surface area contributed by atoms with E-state index in [1.165, 1.54) is 9.09 Å². The van der Waals surface area contributed by atoms with Gasteiger partial charge in [-0.3, -0.25) is 0 Å². The van der Waals surface area contributed by atoms with Crippen molar-refractivity contribution in [3.63, 3.8) is 0 Å². The number of imidazole rings is 1. The molecule has 0 N–H and O–H groups in total. The molecule has 0 spiro atoms. The van der Waals surface area contributed by atoms with Crippen molar-refractivity contribution < 1.29 is 0 Å². The maximum atomic E-state index is 5.97. The van der Waals surface area contributed by atoms with Crippen LogP contribution in [-0.4, -0.2) is 9.55 Å². The molecule has 4 heteroatoms. The van der Waals surface area contributed by atoms with Crippen molar-refractivity contribution in [1.29, 1.82) is 0 Å². The van der Waals surface area contributed by atoms with Gasteiger partial charge in [-0.1, -0.05) is 13.8 Å². The lowest BCUT2D eigenvalue weighted by Crippen LogP contribution is -2.04. The minimum atomic E-state index is 0.476. The largest absolute Gasteiger partial charge is 0.327 e. The van der Waals surface area contributed by atoms with Crippen molar-refractivity contribution in [2.24, 2.45) is 5.92 Å². The van der Waals surface area contributed by atoms with Crippen molar-refractivity contribution in [2.75, 3.05) is 0 Å². The number of aromatic nitrogens is 2. The Morgan fingerprint density at radius 3 is 2.82 bits per heavy atom. The van der Waals surface area contributed by atoms with Crippen LogP contribution in [0.3, 0.4) is 0 Å². The third kappa shape index (κ3) is 2.94. The monoisotopic (exact) mass is 362 g/mol. The van der Waals surface area contributed by atoms with Crippen LogP contribution in [0.2, 0.25) is 0 Å². The zero-order valence-corrected chi connectivity index (χ0v) is 13.0. The summed E-state index contributed by atoms with van der Waals surface area (Å²) in [7, 11) is 0. The van der Waals surface area contributed by atoms with E-state index in [4.69, 9.17) is 11.6 Å². The minimum Gasteiger partial charge on any atom is -0.327 e. The summed E-state index contributed by atoms with van der Waals surface area (Å²) in [4.78, 5) is 4.60. The number of alkyl halides is 1. The summed E-state index contributed by atoms with van der Waals surface area (Å²) in [6.07, 6.45) is 1.15. The van der Waals surface area contributed by atoms with Crippen LogP contribution in [0.25, 0.3) is 11.0 Å². The van der Waals surface area contributed by atoms with E-state index in [1.807, 2.05) is 0 Å². The fourth-order valence-electron chi connectivity index (χ4n) is 1.89. The summed E-state index contributed by atoms with van der Waals surface area (Å²) in [6, 6.07) is 6.37. The zero-order valence-electron chi connectivity index (χ0n) is 10.1. The Balaban J connectivity index is 2.43. The fraction of sp³-hybridized carbons (Fsp3) is 0.462. The van der Waals surface area contributed by atoms with Crippen LogP contribution in [0.15, 0.2) is 18.2 Å². The predicted octanol–water partition coefficient (Wildman–Crippen LogP) is 4.43. The molecule has 2 nitrogen and oxygen atoms in total. The molecule has 1 heterocycles. The van der Waals surface area contributed by atoms with Crippen LogP contribution in [0.5, 0.6) is 0 Å². The molecule has 0 aliphatic carbocycles. The van der Waals surface area contributed by atoms with Gasteiger partial charge in [0.05, 0.1) is 16.9 Å². The van der Waals surface area contributed by atoms with Crippen LogP contribution >= 0.6 is 34.2 Å². The second kappa shape index (κ2) is 5.57. The molecule has 1 aromatic carbocycles. The topological polar surface area (TPSA) is 17.8 Å². The predicted molar refractivity (Wildman–Crippen MR) is 81.5 cm³/mol. The van der Waals surface area contributed by atoms with Gasteiger partial charge < -0.3 is 4.57 Å². The molecule has 0 bridgehead atoms. The van der Waals surface area contributed by atoms with E-state index in [0.717, 1.165) is 24.3 Å². The average Bonchev–Trinajstić information content (AvgIpc) is 2.63. The van der Waals surface area contributed by atoms with Crippen molar-refractivity contribution in [3.8, 4) is 0 Å². The standard InChI is InChI=1S/C13H16ClIN2/c1-9(2)5-6-17-12-4-3-10(15)7-11(12)16-13(17)8-14/h3-4,7,9H,5-6,8H2,1-2H3. The normalized spacial score (nSPS) is 11.6. The lowest BCUT2D eigenvalue weighted by molar-refractivity contribution is 0.516. The van der Waals surface area contributed by atoms with Gasteiger partial charge in [-0.2, -0.15) is 0 Å². The Labute approximate surface area is 121 Å². The van der Waals surface area contributed by atoms with Crippen molar-refractivity contribution in [3.05, 3.63) is 27.6 Å². The number of rotatable bonds is 4. The maximum Gasteiger partial charge on any atom is 0.124 e. The van der Waals surface area contributed by atoms with Crippen molar-refractivity contribution in [2.45, 2.75) is 32.7 Å². The quantitative estimate of drug-likeness (QED) is 0.581. The van der Waals surface area contributed by atoms with E-state index in [2.05, 4.69) is 64.2 Å². The Morgan fingerprint density at radius 2 is 2.18 bits per heavy atom. The maximum absolute atomic E-state index is 5.97. The molecular weight excluding hydrogens is 347 g/mol. The first-order chi connectivity index (χ1) is 8.11. The molecule has 0 unspecified atom stereocenters. The molecule has 0 atom stereocenters. The summed E-state index contributed by atoms with van der Waals surface area (Å²) in [5.74, 6) is 2.15.